The molecule has 2 fully saturated rings. The fraction of sp³-hybridized carbons (Fsp3) is 0.944. The third-order valence-corrected chi connectivity index (χ3v) is 5.23. The SMILES string of the molecule is C[C@@H]1CCC[C@H](NC(=O)NCC(C)(C)N2C[C@@H](C)O[C@@H](C)C2)C1. The smallest absolute Gasteiger partial charge is 0.315 e. The van der Waals surface area contributed by atoms with E-state index in [9.17, 15) is 4.79 Å². The van der Waals surface area contributed by atoms with Crippen LogP contribution in [0, 0.1) is 5.92 Å². The van der Waals surface area contributed by atoms with Gasteiger partial charge in [-0.1, -0.05) is 19.8 Å². The molecule has 5 nitrogen and oxygen atoms in total. The van der Waals surface area contributed by atoms with Crippen molar-refractivity contribution >= 4 is 6.03 Å². The summed E-state index contributed by atoms with van der Waals surface area (Å²) in [5, 5.41) is 6.23. The number of morpholine rings is 1. The number of hydrogen-bond donors (Lipinski definition) is 2. The Morgan fingerprint density at radius 3 is 2.43 bits per heavy atom. The Balaban J connectivity index is 1.77. The van der Waals surface area contributed by atoms with E-state index in [0.29, 0.717) is 12.6 Å². The predicted octanol–water partition coefficient (Wildman–Crippen LogP) is 2.75. The van der Waals surface area contributed by atoms with E-state index in [2.05, 4.69) is 50.2 Å². The lowest BCUT2D eigenvalue weighted by molar-refractivity contribution is -0.0947. The van der Waals surface area contributed by atoms with Gasteiger partial charge in [0.2, 0.25) is 0 Å². The van der Waals surface area contributed by atoms with Gasteiger partial charge in [-0.3, -0.25) is 4.90 Å². The van der Waals surface area contributed by atoms with Crippen LogP contribution in [0.5, 0.6) is 0 Å². The monoisotopic (exact) mass is 325 g/mol. The second-order valence-corrected chi connectivity index (χ2v) is 8.27. The van der Waals surface area contributed by atoms with Gasteiger partial charge >= 0.3 is 6.03 Å². The molecule has 0 unspecified atom stereocenters. The van der Waals surface area contributed by atoms with Crippen LogP contribution in [0.3, 0.4) is 0 Å². The molecule has 5 heteroatoms. The van der Waals surface area contributed by atoms with Gasteiger partial charge in [-0.05, 0) is 46.5 Å². The molecule has 1 saturated carbocycles. The summed E-state index contributed by atoms with van der Waals surface area (Å²) < 4.78 is 5.81. The first kappa shape index (κ1) is 18.5. The van der Waals surface area contributed by atoms with Gasteiger partial charge in [0.1, 0.15) is 0 Å². The fourth-order valence-electron chi connectivity index (χ4n) is 3.88. The van der Waals surface area contributed by atoms with Crippen LogP contribution in [0.15, 0.2) is 0 Å². The second kappa shape index (κ2) is 7.84. The summed E-state index contributed by atoms with van der Waals surface area (Å²) in [6, 6.07) is 0.317. The van der Waals surface area contributed by atoms with Gasteiger partial charge in [0.15, 0.2) is 0 Å². The molecule has 1 aliphatic carbocycles. The van der Waals surface area contributed by atoms with E-state index in [-0.39, 0.29) is 23.8 Å². The van der Waals surface area contributed by atoms with E-state index in [0.717, 1.165) is 31.8 Å². The minimum atomic E-state index is -0.0660. The first-order chi connectivity index (χ1) is 10.8. The average Bonchev–Trinajstić information content (AvgIpc) is 2.44. The minimum absolute atomic E-state index is 0.0217. The Morgan fingerprint density at radius 2 is 1.83 bits per heavy atom. The highest BCUT2D eigenvalue weighted by atomic mass is 16.5. The molecule has 134 valence electrons. The number of carbonyl (C=O) groups is 1. The first-order valence-corrected chi connectivity index (χ1v) is 9.21. The van der Waals surface area contributed by atoms with Crippen molar-refractivity contribution in [2.24, 2.45) is 5.92 Å². The quantitative estimate of drug-likeness (QED) is 0.836. The van der Waals surface area contributed by atoms with Crippen molar-refractivity contribution in [1.82, 2.24) is 15.5 Å². The fourth-order valence-corrected chi connectivity index (χ4v) is 3.88. The Labute approximate surface area is 141 Å². The van der Waals surface area contributed by atoms with Gasteiger partial charge in [0.05, 0.1) is 12.2 Å². The van der Waals surface area contributed by atoms with Crippen LogP contribution < -0.4 is 10.6 Å². The molecule has 0 radical (unpaired) electrons. The third kappa shape index (κ3) is 5.64. The van der Waals surface area contributed by atoms with Gasteiger partial charge in [-0.25, -0.2) is 4.79 Å². The Hall–Kier alpha value is -0.810. The molecular weight excluding hydrogens is 290 g/mol. The first-order valence-electron chi connectivity index (χ1n) is 9.21. The summed E-state index contributed by atoms with van der Waals surface area (Å²) >= 11 is 0. The lowest BCUT2D eigenvalue weighted by Crippen LogP contribution is -2.59. The van der Waals surface area contributed by atoms with Crippen molar-refractivity contribution in [3.8, 4) is 0 Å². The van der Waals surface area contributed by atoms with E-state index in [4.69, 9.17) is 4.74 Å². The van der Waals surface area contributed by atoms with Crippen molar-refractivity contribution in [2.75, 3.05) is 19.6 Å². The maximum absolute atomic E-state index is 12.2. The van der Waals surface area contributed by atoms with Crippen LogP contribution in [-0.4, -0.2) is 54.4 Å². The molecule has 2 amide bonds. The summed E-state index contributed by atoms with van der Waals surface area (Å²) in [7, 11) is 0. The summed E-state index contributed by atoms with van der Waals surface area (Å²) in [6.07, 6.45) is 5.22. The molecule has 4 atom stereocenters. The van der Waals surface area contributed by atoms with Crippen molar-refractivity contribution in [3.05, 3.63) is 0 Å². The number of carbonyl (C=O) groups excluding carboxylic acids is 1. The van der Waals surface area contributed by atoms with Crippen molar-refractivity contribution in [3.63, 3.8) is 0 Å². The number of nitrogens with one attached hydrogen (secondary N) is 2. The Bertz CT molecular complexity index is 390. The number of ether oxygens (including phenoxy) is 1. The average molecular weight is 325 g/mol. The molecule has 0 aromatic heterocycles. The van der Waals surface area contributed by atoms with Crippen molar-refractivity contribution < 1.29 is 9.53 Å². The van der Waals surface area contributed by atoms with E-state index in [1.165, 1.54) is 12.8 Å². The van der Waals surface area contributed by atoms with Crippen LogP contribution in [-0.2, 0) is 4.74 Å². The van der Waals surface area contributed by atoms with E-state index >= 15 is 0 Å². The lowest BCUT2D eigenvalue weighted by atomic mass is 9.87. The maximum atomic E-state index is 12.2. The highest BCUT2D eigenvalue weighted by Gasteiger charge is 2.33. The molecule has 23 heavy (non-hydrogen) atoms. The number of nitrogens with zero attached hydrogens (tertiary/aromatic N) is 1. The topological polar surface area (TPSA) is 53.6 Å². The summed E-state index contributed by atoms with van der Waals surface area (Å²) in [5.41, 5.74) is -0.0660. The summed E-state index contributed by atoms with van der Waals surface area (Å²) in [4.78, 5) is 14.6. The minimum Gasteiger partial charge on any atom is -0.373 e. The largest absolute Gasteiger partial charge is 0.373 e. The van der Waals surface area contributed by atoms with Crippen molar-refractivity contribution in [2.45, 2.75) is 84.1 Å². The number of amides is 2. The van der Waals surface area contributed by atoms with Gasteiger partial charge in [-0.15, -0.1) is 0 Å². The van der Waals surface area contributed by atoms with Crippen LogP contribution in [0.2, 0.25) is 0 Å². The molecule has 0 aromatic rings. The van der Waals surface area contributed by atoms with Crippen LogP contribution in [0.25, 0.3) is 0 Å². The molecule has 1 saturated heterocycles. The summed E-state index contributed by atoms with van der Waals surface area (Å²) in [5.74, 6) is 0.724. The van der Waals surface area contributed by atoms with Gasteiger partial charge < -0.3 is 15.4 Å². The van der Waals surface area contributed by atoms with E-state index in [1.807, 2.05) is 0 Å². The highest BCUT2D eigenvalue weighted by molar-refractivity contribution is 5.74. The standard InChI is InChI=1S/C18H35N3O2/c1-13-7-6-8-16(9-13)20-17(22)19-12-18(4,5)21-10-14(2)23-15(3)11-21/h13-16H,6-12H2,1-5H3,(H2,19,20,22)/t13-,14-,15+,16+/m1/s1. The number of hydrogen-bond acceptors (Lipinski definition) is 3. The van der Waals surface area contributed by atoms with Crippen LogP contribution in [0.1, 0.15) is 60.3 Å². The predicted molar refractivity (Wildman–Crippen MR) is 93.6 cm³/mol. The molecule has 2 aliphatic rings. The van der Waals surface area contributed by atoms with Crippen molar-refractivity contribution in [1.29, 1.82) is 0 Å². The normalized spacial score (nSPS) is 33.3. The zero-order valence-corrected chi connectivity index (χ0v) is 15.5. The molecule has 2 N–H and O–H groups in total. The molecular formula is C18H35N3O2. The van der Waals surface area contributed by atoms with E-state index in [1.54, 1.807) is 0 Å². The maximum Gasteiger partial charge on any atom is 0.315 e. The van der Waals surface area contributed by atoms with Gasteiger partial charge in [0.25, 0.3) is 0 Å². The second-order valence-electron chi connectivity index (χ2n) is 8.27. The zero-order valence-electron chi connectivity index (χ0n) is 15.5. The molecule has 2 rings (SSSR count). The van der Waals surface area contributed by atoms with Gasteiger partial charge in [-0.2, -0.15) is 0 Å². The number of urea groups is 1. The van der Waals surface area contributed by atoms with E-state index < -0.39 is 0 Å². The third-order valence-electron chi connectivity index (χ3n) is 5.23. The molecule has 1 heterocycles. The van der Waals surface area contributed by atoms with Gasteiger partial charge in [0, 0.05) is 31.2 Å². The van der Waals surface area contributed by atoms with Crippen LogP contribution in [0.4, 0.5) is 4.79 Å². The Morgan fingerprint density at radius 1 is 1.17 bits per heavy atom. The summed E-state index contributed by atoms with van der Waals surface area (Å²) in [6.45, 7) is 13.4. The lowest BCUT2D eigenvalue weighted by Gasteiger charge is -2.45. The highest BCUT2D eigenvalue weighted by Crippen LogP contribution is 2.23. The van der Waals surface area contributed by atoms with Crippen LogP contribution >= 0.6 is 0 Å². The molecule has 0 spiro atoms. The number of rotatable bonds is 4. The Kier molecular flexibility index (Phi) is 6.32. The molecule has 0 bridgehead atoms. The molecule has 0 aromatic carbocycles. The molecule has 1 aliphatic heterocycles. The zero-order chi connectivity index (χ0) is 17.0.